The van der Waals surface area contributed by atoms with E-state index in [0.29, 0.717) is 6.04 Å². The van der Waals surface area contributed by atoms with E-state index in [1.807, 2.05) is 20.0 Å². The van der Waals surface area contributed by atoms with Crippen LogP contribution in [0.5, 0.6) is 0 Å². The molecule has 96 valence electrons. The summed E-state index contributed by atoms with van der Waals surface area (Å²) in [5.41, 5.74) is 7.77. The highest BCUT2D eigenvalue weighted by molar-refractivity contribution is 7.98. The van der Waals surface area contributed by atoms with Gasteiger partial charge < -0.3 is 10.6 Å². The molecule has 0 bridgehead atoms. The fraction of sp³-hybridized carbons (Fsp3) is 0.538. The second-order valence-electron chi connectivity index (χ2n) is 4.41. The summed E-state index contributed by atoms with van der Waals surface area (Å²) in [7, 11) is 2.03. The lowest BCUT2D eigenvalue weighted by atomic mass is 10.0. The first-order valence-corrected chi connectivity index (χ1v) is 7.13. The lowest BCUT2D eigenvalue weighted by Gasteiger charge is -2.29. The molecule has 17 heavy (non-hydrogen) atoms. The molecule has 0 spiro atoms. The van der Waals surface area contributed by atoms with Gasteiger partial charge >= 0.3 is 0 Å². The molecule has 0 fully saturated rings. The molecule has 0 amide bonds. The van der Waals surface area contributed by atoms with Gasteiger partial charge in [0.25, 0.3) is 0 Å². The number of benzene rings is 1. The minimum absolute atomic E-state index is 0.162. The number of halogens is 1. The first-order chi connectivity index (χ1) is 7.97. The molecule has 2 unspecified atom stereocenters. The van der Waals surface area contributed by atoms with E-state index in [1.54, 1.807) is 11.8 Å². The van der Waals surface area contributed by atoms with E-state index >= 15 is 0 Å². The van der Waals surface area contributed by atoms with Crippen LogP contribution in [0.1, 0.15) is 25.5 Å². The third-order valence-electron chi connectivity index (χ3n) is 2.93. The van der Waals surface area contributed by atoms with E-state index in [9.17, 15) is 4.39 Å². The number of anilines is 1. The fourth-order valence-corrected chi connectivity index (χ4v) is 2.51. The SMILES string of the molecule is CSCC(C)N(C)c1ccc(F)cc1C(C)N. The van der Waals surface area contributed by atoms with Gasteiger partial charge in [-0.25, -0.2) is 4.39 Å². The molecule has 0 radical (unpaired) electrons. The van der Waals surface area contributed by atoms with Gasteiger partial charge in [-0.1, -0.05) is 0 Å². The number of hydrogen-bond acceptors (Lipinski definition) is 3. The second-order valence-corrected chi connectivity index (χ2v) is 5.32. The van der Waals surface area contributed by atoms with Crippen molar-refractivity contribution >= 4 is 17.4 Å². The second kappa shape index (κ2) is 6.26. The maximum atomic E-state index is 13.2. The van der Waals surface area contributed by atoms with Crippen molar-refractivity contribution in [2.75, 3.05) is 24.0 Å². The molecule has 4 heteroatoms. The van der Waals surface area contributed by atoms with Gasteiger partial charge in [0, 0.05) is 30.6 Å². The van der Waals surface area contributed by atoms with Crippen LogP contribution in [0, 0.1) is 5.82 Å². The maximum Gasteiger partial charge on any atom is 0.123 e. The standard InChI is InChI=1S/C13H21FN2S/c1-9(8-17-4)16(3)13-6-5-11(14)7-12(13)10(2)15/h5-7,9-10H,8,15H2,1-4H3. The Bertz CT molecular complexity index is 368. The Labute approximate surface area is 107 Å². The zero-order chi connectivity index (χ0) is 13.0. The summed E-state index contributed by atoms with van der Waals surface area (Å²) < 4.78 is 13.2. The molecule has 2 nitrogen and oxygen atoms in total. The van der Waals surface area contributed by atoms with E-state index in [1.165, 1.54) is 12.1 Å². The van der Waals surface area contributed by atoms with Crippen LogP contribution in [-0.4, -0.2) is 25.1 Å². The molecule has 1 aromatic rings. The van der Waals surface area contributed by atoms with Crippen LogP contribution in [-0.2, 0) is 0 Å². The summed E-state index contributed by atoms with van der Waals surface area (Å²) in [6, 6.07) is 5.06. The Kier molecular flexibility index (Phi) is 5.28. The Morgan fingerprint density at radius 3 is 2.59 bits per heavy atom. The monoisotopic (exact) mass is 256 g/mol. The van der Waals surface area contributed by atoms with Crippen LogP contribution in [0.4, 0.5) is 10.1 Å². The van der Waals surface area contributed by atoms with E-state index in [0.717, 1.165) is 17.0 Å². The Hall–Kier alpha value is -0.740. The summed E-state index contributed by atoms with van der Waals surface area (Å²) in [6.45, 7) is 4.04. The average Bonchev–Trinajstić information content (AvgIpc) is 2.28. The highest BCUT2D eigenvalue weighted by atomic mass is 32.2. The maximum absolute atomic E-state index is 13.2. The van der Waals surface area contributed by atoms with Crippen molar-refractivity contribution in [3.63, 3.8) is 0 Å². The van der Waals surface area contributed by atoms with Crippen LogP contribution in [0.2, 0.25) is 0 Å². The summed E-state index contributed by atoms with van der Waals surface area (Å²) in [5, 5.41) is 0. The molecular weight excluding hydrogens is 235 g/mol. The normalized spacial score (nSPS) is 14.5. The van der Waals surface area contributed by atoms with Crippen LogP contribution in [0.25, 0.3) is 0 Å². The number of nitrogens with zero attached hydrogens (tertiary/aromatic N) is 1. The highest BCUT2D eigenvalue weighted by Crippen LogP contribution is 2.27. The van der Waals surface area contributed by atoms with E-state index in [2.05, 4.69) is 18.1 Å². The topological polar surface area (TPSA) is 29.3 Å². The quantitative estimate of drug-likeness (QED) is 0.878. The lowest BCUT2D eigenvalue weighted by Crippen LogP contribution is -2.32. The van der Waals surface area contributed by atoms with Crippen molar-refractivity contribution in [3.05, 3.63) is 29.6 Å². The first-order valence-electron chi connectivity index (χ1n) is 5.74. The minimum Gasteiger partial charge on any atom is -0.371 e. The van der Waals surface area contributed by atoms with Gasteiger partial charge in [0.2, 0.25) is 0 Å². The first kappa shape index (κ1) is 14.3. The molecular formula is C13H21FN2S. The molecule has 0 aliphatic rings. The number of nitrogens with two attached hydrogens (primary N) is 1. The average molecular weight is 256 g/mol. The van der Waals surface area contributed by atoms with Gasteiger partial charge in [-0.2, -0.15) is 11.8 Å². The number of thioether (sulfide) groups is 1. The van der Waals surface area contributed by atoms with E-state index < -0.39 is 0 Å². The molecule has 1 rings (SSSR count). The van der Waals surface area contributed by atoms with Gasteiger partial charge in [0.1, 0.15) is 5.82 Å². The Morgan fingerprint density at radius 1 is 1.41 bits per heavy atom. The van der Waals surface area contributed by atoms with Crippen molar-refractivity contribution in [1.82, 2.24) is 0 Å². The molecule has 1 aromatic carbocycles. The summed E-state index contributed by atoms with van der Waals surface area (Å²) in [4.78, 5) is 2.16. The highest BCUT2D eigenvalue weighted by Gasteiger charge is 2.15. The molecule has 0 aliphatic heterocycles. The van der Waals surface area contributed by atoms with Crippen LogP contribution < -0.4 is 10.6 Å². The smallest absolute Gasteiger partial charge is 0.123 e. The van der Waals surface area contributed by atoms with Gasteiger partial charge in [-0.15, -0.1) is 0 Å². The summed E-state index contributed by atoms with van der Waals surface area (Å²) in [6.07, 6.45) is 2.08. The Morgan fingerprint density at radius 2 is 2.06 bits per heavy atom. The van der Waals surface area contributed by atoms with Gasteiger partial charge in [-0.3, -0.25) is 0 Å². The summed E-state index contributed by atoms with van der Waals surface area (Å²) in [5.74, 6) is 0.804. The molecule has 0 aromatic heterocycles. The molecule has 0 saturated carbocycles. The van der Waals surface area contributed by atoms with E-state index in [4.69, 9.17) is 5.73 Å². The molecule has 0 aliphatic carbocycles. The summed E-state index contributed by atoms with van der Waals surface area (Å²) >= 11 is 1.80. The van der Waals surface area contributed by atoms with Crippen molar-refractivity contribution < 1.29 is 4.39 Å². The van der Waals surface area contributed by atoms with Crippen LogP contribution in [0.15, 0.2) is 18.2 Å². The Balaban J connectivity index is 3.03. The molecule has 0 saturated heterocycles. The zero-order valence-electron chi connectivity index (χ0n) is 10.9. The van der Waals surface area contributed by atoms with Crippen LogP contribution in [0.3, 0.4) is 0 Å². The minimum atomic E-state index is -0.230. The van der Waals surface area contributed by atoms with Crippen molar-refractivity contribution in [2.24, 2.45) is 5.73 Å². The fourth-order valence-electron chi connectivity index (χ4n) is 1.80. The van der Waals surface area contributed by atoms with Gasteiger partial charge in [0.15, 0.2) is 0 Å². The van der Waals surface area contributed by atoms with Crippen molar-refractivity contribution in [2.45, 2.75) is 25.9 Å². The number of rotatable bonds is 5. The van der Waals surface area contributed by atoms with Crippen LogP contribution >= 0.6 is 11.8 Å². The zero-order valence-corrected chi connectivity index (χ0v) is 11.7. The van der Waals surface area contributed by atoms with Crippen molar-refractivity contribution in [3.8, 4) is 0 Å². The van der Waals surface area contributed by atoms with Crippen molar-refractivity contribution in [1.29, 1.82) is 0 Å². The predicted octanol–water partition coefficient (Wildman–Crippen LogP) is 3.03. The van der Waals surface area contributed by atoms with E-state index in [-0.39, 0.29) is 11.9 Å². The number of hydrogen-bond donors (Lipinski definition) is 1. The predicted molar refractivity (Wildman–Crippen MR) is 75.2 cm³/mol. The van der Waals surface area contributed by atoms with Gasteiger partial charge in [-0.05, 0) is 43.9 Å². The molecule has 2 atom stereocenters. The third kappa shape index (κ3) is 3.61. The molecule has 2 N–H and O–H groups in total. The third-order valence-corrected chi connectivity index (χ3v) is 3.74. The van der Waals surface area contributed by atoms with Gasteiger partial charge in [0.05, 0.1) is 0 Å². The lowest BCUT2D eigenvalue weighted by molar-refractivity contribution is 0.621. The molecule has 0 heterocycles. The largest absolute Gasteiger partial charge is 0.371 e.